The van der Waals surface area contributed by atoms with E-state index in [1.807, 2.05) is 6.92 Å². The van der Waals surface area contributed by atoms with Gasteiger partial charge in [-0.1, -0.05) is 18.5 Å². The van der Waals surface area contributed by atoms with Crippen molar-refractivity contribution in [1.82, 2.24) is 20.1 Å². The second kappa shape index (κ2) is 8.71. The van der Waals surface area contributed by atoms with Gasteiger partial charge in [-0.05, 0) is 51.1 Å². The molecule has 2 aromatic rings. The van der Waals surface area contributed by atoms with E-state index in [1.165, 1.54) is 0 Å². The molecule has 2 heterocycles. The van der Waals surface area contributed by atoms with Crippen LogP contribution in [0.2, 0.25) is 5.02 Å². The topological polar surface area (TPSA) is 83.1 Å². The molecule has 0 bridgehead atoms. The number of carbonyl (C=O) groups is 1. The molecular weight excluding hydrogens is 366 g/mol. The molecule has 27 heavy (non-hydrogen) atoms. The van der Waals surface area contributed by atoms with E-state index in [0.717, 1.165) is 44.0 Å². The van der Waals surface area contributed by atoms with Crippen LogP contribution in [0.1, 0.15) is 44.3 Å². The molecule has 0 saturated carbocycles. The molecule has 0 radical (unpaired) electrons. The molecule has 3 rings (SSSR count). The summed E-state index contributed by atoms with van der Waals surface area (Å²) in [5, 5.41) is 10.8. The number of anilines is 1. The second-order valence-corrected chi connectivity index (χ2v) is 7.25. The third kappa shape index (κ3) is 4.59. The Hall–Kier alpha value is -2.12. The van der Waals surface area contributed by atoms with Crippen LogP contribution in [0.15, 0.2) is 18.2 Å². The summed E-state index contributed by atoms with van der Waals surface area (Å²) < 4.78 is 5.30. The van der Waals surface area contributed by atoms with Crippen LogP contribution < -0.4 is 10.1 Å². The smallest absolute Gasteiger partial charge is 0.241 e. The molecule has 0 aliphatic carbocycles. The van der Waals surface area contributed by atoms with Crippen molar-refractivity contribution in [2.75, 3.05) is 25.5 Å². The Labute approximate surface area is 164 Å². The number of hydrogen-bond acceptors (Lipinski definition) is 5. The first-order valence-corrected chi connectivity index (χ1v) is 9.69. The van der Waals surface area contributed by atoms with Crippen molar-refractivity contribution >= 4 is 23.2 Å². The third-order valence-electron chi connectivity index (χ3n) is 5.13. The highest BCUT2D eigenvalue weighted by Crippen LogP contribution is 2.29. The van der Waals surface area contributed by atoms with Gasteiger partial charge in [0.25, 0.3) is 0 Å². The average molecular weight is 392 g/mol. The van der Waals surface area contributed by atoms with E-state index in [0.29, 0.717) is 22.4 Å². The lowest BCUT2D eigenvalue weighted by Gasteiger charge is -2.34. The fraction of sp³-hybridized carbons (Fsp3) is 0.526. The maximum absolute atomic E-state index is 12.7. The van der Waals surface area contributed by atoms with E-state index in [9.17, 15) is 4.79 Å². The van der Waals surface area contributed by atoms with Crippen LogP contribution in [0.25, 0.3) is 0 Å². The van der Waals surface area contributed by atoms with Crippen LogP contribution in [0.5, 0.6) is 5.75 Å². The van der Waals surface area contributed by atoms with Crippen molar-refractivity contribution in [2.24, 2.45) is 0 Å². The summed E-state index contributed by atoms with van der Waals surface area (Å²) in [6.07, 6.45) is 2.74. The molecule has 1 amide bonds. The van der Waals surface area contributed by atoms with Crippen LogP contribution in [0.3, 0.4) is 0 Å². The monoisotopic (exact) mass is 391 g/mol. The van der Waals surface area contributed by atoms with Crippen LogP contribution in [0, 0.1) is 0 Å². The molecule has 1 fully saturated rings. The molecule has 1 aliphatic rings. The summed E-state index contributed by atoms with van der Waals surface area (Å²) in [4.78, 5) is 19.4. The predicted octanol–water partition coefficient (Wildman–Crippen LogP) is 3.24. The number of amides is 1. The first kappa shape index (κ1) is 19.6. The minimum absolute atomic E-state index is 0.0693. The van der Waals surface area contributed by atoms with E-state index in [4.69, 9.17) is 16.3 Å². The Morgan fingerprint density at radius 3 is 2.81 bits per heavy atom. The molecule has 1 aliphatic heterocycles. The number of piperidine rings is 1. The Kier molecular flexibility index (Phi) is 6.34. The lowest BCUT2D eigenvalue weighted by molar-refractivity contribution is -0.121. The molecule has 7 nitrogen and oxygen atoms in total. The number of halogens is 1. The molecule has 1 atom stereocenters. The van der Waals surface area contributed by atoms with Gasteiger partial charge in [0.05, 0.1) is 18.8 Å². The lowest BCUT2D eigenvalue weighted by Crippen LogP contribution is -2.45. The van der Waals surface area contributed by atoms with Gasteiger partial charge in [-0.3, -0.25) is 14.8 Å². The van der Waals surface area contributed by atoms with E-state index in [2.05, 4.69) is 32.3 Å². The molecule has 8 heteroatoms. The number of aromatic amines is 1. The van der Waals surface area contributed by atoms with Crippen LogP contribution in [-0.4, -0.2) is 52.2 Å². The number of nitrogens with zero attached hydrogens (tertiary/aromatic N) is 3. The third-order valence-corrected chi connectivity index (χ3v) is 5.36. The van der Waals surface area contributed by atoms with Gasteiger partial charge in [0.15, 0.2) is 5.82 Å². The lowest BCUT2D eigenvalue weighted by atomic mass is 9.95. The Balaban J connectivity index is 1.58. The predicted molar refractivity (Wildman–Crippen MR) is 105 cm³/mol. The first-order valence-electron chi connectivity index (χ1n) is 9.31. The largest absolute Gasteiger partial charge is 0.495 e. The highest BCUT2D eigenvalue weighted by atomic mass is 35.5. The summed E-state index contributed by atoms with van der Waals surface area (Å²) in [5.74, 6) is 2.69. The molecule has 1 saturated heterocycles. The molecule has 0 spiro atoms. The van der Waals surface area contributed by atoms with Crippen molar-refractivity contribution in [2.45, 2.75) is 45.1 Å². The summed E-state index contributed by atoms with van der Waals surface area (Å²) >= 11 is 6.04. The van der Waals surface area contributed by atoms with Gasteiger partial charge in [-0.15, -0.1) is 0 Å². The number of rotatable bonds is 6. The number of nitrogens with one attached hydrogen (secondary N) is 2. The number of aromatic nitrogens is 3. The second-order valence-electron chi connectivity index (χ2n) is 6.81. The molecule has 1 unspecified atom stereocenters. The molecular formula is C19H26ClN5O2. The number of ether oxygens (including phenoxy) is 1. The average Bonchev–Trinajstić information content (AvgIpc) is 3.17. The van der Waals surface area contributed by atoms with Gasteiger partial charge >= 0.3 is 0 Å². The minimum Gasteiger partial charge on any atom is -0.495 e. The fourth-order valence-electron chi connectivity index (χ4n) is 3.38. The highest BCUT2D eigenvalue weighted by molar-refractivity contribution is 6.31. The van der Waals surface area contributed by atoms with Gasteiger partial charge < -0.3 is 10.1 Å². The highest BCUT2D eigenvalue weighted by Gasteiger charge is 2.29. The van der Waals surface area contributed by atoms with Crippen molar-refractivity contribution in [3.63, 3.8) is 0 Å². The molecule has 1 aromatic carbocycles. The summed E-state index contributed by atoms with van der Waals surface area (Å²) in [5.41, 5.74) is 0.588. The molecule has 146 valence electrons. The van der Waals surface area contributed by atoms with Gasteiger partial charge in [0.2, 0.25) is 5.91 Å². The SMILES string of the molecule is CCc1nc(C2CCN(C(C)C(=O)Nc3cc(Cl)ccc3OC)CC2)n[nH]1. The van der Waals surface area contributed by atoms with Crippen LogP contribution in [0.4, 0.5) is 5.69 Å². The van der Waals surface area contributed by atoms with E-state index in [-0.39, 0.29) is 11.9 Å². The van der Waals surface area contributed by atoms with Crippen molar-refractivity contribution in [1.29, 1.82) is 0 Å². The van der Waals surface area contributed by atoms with Crippen molar-refractivity contribution in [3.05, 3.63) is 34.9 Å². The Bertz CT molecular complexity index is 786. The number of carbonyl (C=O) groups excluding carboxylic acids is 1. The summed E-state index contributed by atoms with van der Waals surface area (Å²) in [6.45, 7) is 5.65. The fourth-order valence-corrected chi connectivity index (χ4v) is 3.55. The Morgan fingerprint density at radius 2 is 2.19 bits per heavy atom. The van der Waals surface area contributed by atoms with E-state index >= 15 is 0 Å². The normalized spacial score (nSPS) is 16.9. The zero-order chi connectivity index (χ0) is 19.4. The van der Waals surface area contributed by atoms with Gasteiger partial charge in [0.1, 0.15) is 11.6 Å². The number of benzene rings is 1. The maximum Gasteiger partial charge on any atom is 0.241 e. The van der Waals surface area contributed by atoms with Crippen LogP contribution >= 0.6 is 11.6 Å². The number of aryl methyl sites for hydroxylation is 1. The maximum atomic E-state index is 12.7. The zero-order valence-corrected chi connectivity index (χ0v) is 16.7. The standard InChI is InChI=1S/C19H26ClN5O2/c1-4-17-22-18(24-23-17)13-7-9-25(10-8-13)12(2)19(26)21-15-11-14(20)5-6-16(15)27-3/h5-6,11-13H,4,7-10H2,1-3H3,(H,21,26)(H,22,23,24). The number of H-pyrrole nitrogens is 1. The summed E-state index contributed by atoms with van der Waals surface area (Å²) in [6, 6.07) is 4.94. The number of hydrogen-bond donors (Lipinski definition) is 2. The minimum atomic E-state index is -0.243. The molecule has 1 aromatic heterocycles. The van der Waals surface area contributed by atoms with Gasteiger partial charge in [0, 0.05) is 17.4 Å². The Morgan fingerprint density at radius 1 is 1.44 bits per heavy atom. The van der Waals surface area contributed by atoms with Gasteiger partial charge in [-0.25, -0.2) is 4.98 Å². The van der Waals surface area contributed by atoms with Crippen molar-refractivity contribution in [3.8, 4) is 5.75 Å². The van der Waals surface area contributed by atoms with Gasteiger partial charge in [-0.2, -0.15) is 5.10 Å². The summed E-state index contributed by atoms with van der Waals surface area (Å²) in [7, 11) is 1.57. The van der Waals surface area contributed by atoms with E-state index in [1.54, 1.807) is 25.3 Å². The van der Waals surface area contributed by atoms with Crippen molar-refractivity contribution < 1.29 is 9.53 Å². The first-order chi connectivity index (χ1) is 13.0. The van der Waals surface area contributed by atoms with Crippen LogP contribution in [-0.2, 0) is 11.2 Å². The number of methoxy groups -OCH3 is 1. The number of likely N-dealkylation sites (tertiary alicyclic amines) is 1. The van der Waals surface area contributed by atoms with E-state index < -0.39 is 0 Å². The quantitative estimate of drug-likeness (QED) is 0.789. The molecule has 2 N–H and O–H groups in total. The zero-order valence-electron chi connectivity index (χ0n) is 16.0.